The van der Waals surface area contributed by atoms with Crippen molar-refractivity contribution >= 4 is 11.9 Å². The molecule has 0 N–H and O–H groups in total. The van der Waals surface area contributed by atoms with Crippen LogP contribution in [0.4, 0.5) is 8.78 Å². The molecule has 2 aliphatic rings. The van der Waals surface area contributed by atoms with Crippen LogP contribution in [0.5, 0.6) is 0 Å². The number of carbonyl (C=O) groups is 2. The number of hydrogen-bond acceptors (Lipinski definition) is 4. The maximum absolute atomic E-state index is 13.0. The Bertz CT molecular complexity index is 639. The summed E-state index contributed by atoms with van der Waals surface area (Å²) in [5, 5.41) is 0. The fourth-order valence-electron chi connectivity index (χ4n) is 4.58. The van der Waals surface area contributed by atoms with Gasteiger partial charge in [0, 0.05) is 0 Å². The minimum Gasteiger partial charge on any atom is -0.460 e. The van der Waals surface area contributed by atoms with Crippen LogP contribution in [0.2, 0.25) is 0 Å². The van der Waals surface area contributed by atoms with E-state index in [2.05, 4.69) is 24.3 Å². The minimum absolute atomic E-state index is 0.170. The monoisotopic (exact) mass is 422 g/mol. The van der Waals surface area contributed by atoms with Crippen molar-refractivity contribution in [2.24, 2.45) is 0 Å². The van der Waals surface area contributed by atoms with Crippen LogP contribution >= 0.6 is 0 Å². The molecule has 3 rings (SSSR count). The lowest BCUT2D eigenvalue weighted by molar-refractivity contribution is -0.156. The van der Waals surface area contributed by atoms with Crippen molar-refractivity contribution in [3.8, 4) is 0 Å². The number of hydrogen-bond donors (Lipinski definition) is 0. The largest absolute Gasteiger partial charge is 0.460 e. The predicted molar refractivity (Wildman–Crippen MR) is 110 cm³/mol. The van der Waals surface area contributed by atoms with E-state index in [1.54, 1.807) is 0 Å². The summed E-state index contributed by atoms with van der Waals surface area (Å²) in [5.41, 5.74) is 2.59. The van der Waals surface area contributed by atoms with Crippen LogP contribution in [0.1, 0.15) is 88.2 Å². The molecular weight excluding hydrogens is 390 g/mol. The molecule has 2 fully saturated rings. The average molecular weight is 423 g/mol. The molecule has 2 saturated carbocycles. The SMILES string of the molecule is C[C@H](F)C(=O)O[C@H]1CC[C@H](c2ccc([C@H]3CC[C@H](OC(=O)[C@H](C)F)CC3)cc2)CC1. The predicted octanol–water partition coefficient (Wildman–Crippen LogP) is 5.54. The van der Waals surface area contributed by atoms with Gasteiger partial charge in [-0.2, -0.15) is 0 Å². The first-order valence-electron chi connectivity index (χ1n) is 11.1. The number of halogens is 2. The van der Waals surface area contributed by atoms with E-state index in [0.717, 1.165) is 51.4 Å². The first-order chi connectivity index (χ1) is 14.3. The smallest absolute Gasteiger partial charge is 0.340 e. The van der Waals surface area contributed by atoms with Crippen molar-refractivity contribution in [3.05, 3.63) is 35.4 Å². The third-order valence-electron chi connectivity index (χ3n) is 6.44. The summed E-state index contributed by atoms with van der Waals surface area (Å²) in [6, 6.07) is 8.75. The maximum Gasteiger partial charge on any atom is 0.340 e. The molecule has 30 heavy (non-hydrogen) atoms. The Hall–Kier alpha value is -1.98. The summed E-state index contributed by atoms with van der Waals surface area (Å²) < 4.78 is 36.4. The Morgan fingerprint density at radius 2 is 1.00 bits per heavy atom. The Morgan fingerprint density at radius 3 is 1.27 bits per heavy atom. The van der Waals surface area contributed by atoms with Crippen molar-refractivity contribution in [2.75, 3.05) is 0 Å². The van der Waals surface area contributed by atoms with E-state index < -0.39 is 24.3 Å². The van der Waals surface area contributed by atoms with Crippen molar-refractivity contribution < 1.29 is 27.8 Å². The molecule has 4 nitrogen and oxygen atoms in total. The second-order valence-corrected chi connectivity index (χ2v) is 8.72. The fourth-order valence-corrected chi connectivity index (χ4v) is 4.58. The van der Waals surface area contributed by atoms with Gasteiger partial charge in [0.2, 0.25) is 0 Å². The number of benzene rings is 1. The van der Waals surface area contributed by atoms with Gasteiger partial charge in [-0.1, -0.05) is 24.3 Å². The summed E-state index contributed by atoms with van der Waals surface area (Å²) in [5.74, 6) is -0.637. The molecule has 2 aliphatic carbocycles. The molecule has 0 saturated heterocycles. The second-order valence-electron chi connectivity index (χ2n) is 8.72. The molecule has 166 valence electrons. The molecular formula is C24H32F2O4. The quantitative estimate of drug-likeness (QED) is 0.565. The molecule has 0 heterocycles. The summed E-state index contributed by atoms with van der Waals surface area (Å²) in [6.45, 7) is 2.41. The molecule has 0 aromatic heterocycles. The number of esters is 2. The van der Waals surface area contributed by atoms with Crippen LogP contribution in [0, 0.1) is 0 Å². The minimum atomic E-state index is -1.57. The van der Waals surface area contributed by atoms with Gasteiger partial charge < -0.3 is 9.47 Å². The van der Waals surface area contributed by atoms with E-state index in [1.807, 2.05) is 0 Å². The highest BCUT2D eigenvalue weighted by Crippen LogP contribution is 2.37. The third-order valence-corrected chi connectivity index (χ3v) is 6.44. The van der Waals surface area contributed by atoms with Crippen LogP contribution in [-0.2, 0) is 19.1 Å². The van der Waals surface area contributed by atoms with E-state index in [4.69, 9.17) is 9.47 Å². The van der Waals surface area contributed by atoms with Gasteiger partial charge in [0.25, 0.3) is 0 Å². The maximum atomic E-state index is 13.0. The van der Waals surface area contributed by atoms with Gasteiger partial charge in [-0.15, -0.1) is 0 Å². The zero-order chi connectivity index (χ0) is 21.7. The molecule has 0 amide bonds. The zero-order valence-electron chi connectivity index (χ0n) is 17.8. The summed E-state index contributed by atoms with van der Waals surface area (Å²) >= 11 is 0. The topological polar surface area (TPSA) is 52.6 Å². The van der Waals surface area contributed by atoms with Crippen molar-refractivity contribution in [1.82, 2.24) is 0 Å². The number of ether oxygens (including phenoxy) is 2. The average Bonchev–Trinajstić information content (AvgIpc) is 2.75. The Labute approximate surface area is 177 Å². The number of rotatable bonds is 6. The van der Waals surface area contributed by atoms with E-state index >= 15 is 0 Å². The lowest BCUT2D eigenvalue weighted by atomic mass is 9.80. The van der Waals surface area contributed by atoms with Crippen LogP contribution in [0.25, 0.3) is 0 Å². The Balaban J connectivity index is 1.46. The summed E-state index contributed by atoms with van der Waals surface area (Å²) in [7, 11) is 0. The first-order valence-corrected chi connectivity index (χ1v) is 11.1. The standard InChI is InChI=1S/C24H32F2O4/c1-15(25)23(27)29-21-11-7-19(8-12-21)17-3-5-18(6-4-17)20-9-13-22(14-10-20)30-24(28)16(2)26/h3-6,15-16,19-22H,7-14H2,1-2H3/t15-,16-,19-,20-,21-,22-/m0/s1. The normalized spacial score (nSPS) is 28.9. The molecule has 2 atom stereocenters. The van der Waals surface area contributed by atoms with Crippen LogP contribution in [0.3, 0.4) is 0 Å². The van der Waals surface area contributed by atoms with Crippen molar-refractivity contribution in [3.63, 3.8) is 0 Å². The Morgan fingerprint density at radius 1 is 0.700 bits per heavy atom. The highest BCUT2D eigenvalue weighted by molar-refractivity contribution is 5.74. The van der Waals surface area contributed by atoms with Crippen LogP contribution in [0.15, 0.2) is 24.3 Å². The van der Waals surface area contributed by atoms with E-state index in [1.165, 1.54) is 25.0 Å². The summed E-state index contributed by atoms with van der Waals surface area (Å²) in [6.07, 6.45) is 3.33. The van der Waals surface area contributed by atoms with E-state index in [-0.39, 0.29) is 12.2 Å². The van der Waals surface area contributed by atoms with Gasteiger partial charge in [-0.3, -0.25) is 0 Å². The summed E-state index contributed by atoms with van der Waals surface area (Å²) in [4.78, 5) is 22.8. The molecule has 0 spiro atoms. The fraction of sp³-hybridized carbons (Fsp3) is 0.667. The van der Waals surface area contributed by atoms with Crippen molar-refractivity contribution in [1.29, 1.82) is 0 Å². The Kier molecular flexibility index (Phi) is 7.84. The first kappa shape index (κ1) is 22.7. The van der Waals surface area contributed by atoms with Gasteiger partial charge in [0.15, 0.2) is 12.3 Å². The molecule has 0 aliphatic heterocycles. The van der Waals surface area contributed by atoms with E-state index in [0.29, 0.717) is 11.8 Å². The van der Waals surface area contributed by atoms with Gasteiger partial charge in [-0.25, -0.2) is 18.4 Å². The van der Waals surface area contributed by atoms with Gasteiger partial charge in [0.05, 0.1) is 0 Å². The molecule has 6 heteroatoms. The highest BCUT2D eigenvalue weighted by Gasteiger charge is 2.28. The van der Waals surface area contributed by atoms with Crippen LogP contribution in [-0.4, -0.2) is 36.5 Å². The zero-order valence-corrected chi connectivity index (χ0v) is 17.8. The molecule has 0 radical (unpaired) electrons. The van der Waals surface area contributed by atoms with Crippen LogP contribution < -0.4 is 0 Å². The van der Waals surface area contributed by atoms with Gasteiger partial charge in [-0.05, 0) is 88.2 Å². The van der Waals surface area contributed by atoms with Crippen molar-refractivity contribution in [2.45, 2.75) is 102 Å². The molecule has 0 bridgehead atoms. The highest BCUT2D eigenvalue weighted by atomic mass is 19.1. The molecule has 1 aromatic carbocycles. The third kappa shape index (κ3) is 6.02. The second kappa shape index (κ2) is 10.4. The molecule has 1 aromatic rings. The lowest BCUT2D eigenvalue weighted by Gasteiger charge is -2.30. The number of carbonyl (C=O) groups excluding carboxylic acids is 2. The van der Waals surface area contributed by atoms with Gasteiger partial charge in [0.1, 0.15) is 12.2 Å². The molecule has 0 unspecified atom stereocenters. The lowest BCUT2D eigenvalue weighted by Crippen LogP contribution is -2.27. The van der Waals surface area contributed by atoms with Gasteiger partial charge >= 0.3 is 11.9 Å². The van der Waals surface area contributed by atoms with E-state index in [9.17, 15) is 18.4 Å². The number of alkyl halides is 2.